The Kier molecular flexibility index (Phi) is 5.61. The standard InChI is InChI=1S/C21H17ClN2O4/c1-3-11-28-15-9-7-14(8-10-15)12-16-19(25)23-21(27)24(20(16)26)18-6-4-5-17(22)13(18)2/h3-10,12H,1,11H2,2H3,(H,23,25,27)/b16-12+. The molecule has 0 bridgehead atoms. The Bertz CT molecular complexity index is 996. The summed E-state index contributed by atoms with van der Waals surface area (Å²) in [7, 11) is 0. The number of hydrogen-bond donors (Lipinski definition) is 1. The van der Waals surface area contributed by atoms with E-state index in [1.165, 1.54) is 6.08 Å². The van der Waals surface area contributed by atoms with E-state index in [1.807, 2.05) is 0 Å². The molecule has 1 aliphatic rings. The lowest BCUT2D eigenvalue weighted by Crippen LogP contribution is -2.54. The second kappa shape index (κ2) is 8.10. The van der Waals surface area contributed by atoms with Gasteiger partial charge < -0.3 is 4.74 Å². The molecule has 1 fully saturated rings. The first-order chi connectivity index (χ1) is 13.4. The SMILES string of the molecule is C=CCOc1ccc(/C=C2\C(=O)NC(=O)N(c3cccc(Cl)c3C)C2=O)cc1. The number of imide groups is 2. The highest BCUT2D eigenvalue weighted by molar-refractivity contribution is 6.39. The number of benzene rings is 2. The van der Waals surface area contributed by atoms with Gasteiger partial charge >= 0.3 is 6.03 Å². The van der Waals surface area contributed by atoms with Crippen LogP contribution in [-0.2, 0) is 9.59 Å². The normalized spacial score (nSPS) is 15.6. The number of halogens is 1. The van der Waals surface area contributed by atoms with Crippen LogP contribution in [0.15, 0.2) is 60.7 Å². The van der Waals surface area contributed by atoms with Crippen molar-refractivity contribution in [2.75, 3.05) is 11.5 Å². The van der Waals surface area contributed by atoms with Crippen LogP contribution in [0.4, 0.5) is 10.5 Å². The topological polar surface area (TPSA) is 75.7 Å². The second-order valence-electron chi connectivity index (χ2n) is 6.01. The van der Waals surface area contributed by atoms with Gasteiger partial charge in [0.15, 0.2) is 0 Å². The monoisotopic (exact) mass is 396 g/mol. The molecule has 0 saturated carbocycles. The molecular weight excluding hydrogens is 380 g/mol. The lowest BCUT2D eigenvalue weighted by Gasteiger charge is -2.27. The first-order valence-electron chi connectivity index (χ1n) is 8.42. The van der Waals surface area contributed by atoms with Crippen molar-refractivity contribution >= 4 is 41.2 Å². The summed E-state index contributed by atoms with van der Waals surface area (Å²) in [5, 5.41) is 2.61. The van der Waals surface area contributed by atoms with E-state index in [-0.39, 0.29) is 5.57 Å². The van der Waals surface area contributed by atoms with Gasteiger partial charge in [-0.3, -0.25) is 14.9 Å². The quantitative estimate of drug-likeness (QED) is 0.472. The molecular formula is C21H17ClN2O4. The Labute approximate surface area is 167 Å². The Morgan fingerprint density at radius 2 is 1.86 bits per heavy atom. The highest BCUT2D eigenvalue weighted by Gasteiger charge is 2.37. The van der Waals surface area contributed by atoms with Crippen molar-refractivity contribution in [3.05, 3.63) is 76.8 Å². The van der Waals surface area contributed by atoms with Crippen LogP contribution < -0.4 is 15.0 Å². The Balaban J connectivity index is 1.94. The van der Waals surface area contributed by atoms with Gasteiger partial charge in [-0.2, -0.15) is 0 Å². The van der Waals surface area contributed by atoms with E-state index in [9.17, 15) is 14.4 Å². The van der Waals surface area contributed by atoms with Gasteiger partial charge in [-0.1, -0.05) is 42.5 Å². The molecule has 0 aromatic heterocycles. The lowest BCUT2D eigenvalue weighted by atomic mass is 10.1. The third kappa shape index (κ3) is 3.82. The Hall–Kier alpha value is -3.38. The summed E-state index contributed by atoms with van der Waals surface area (Å²) in [5.41, 5.74) is 1.34. The van der Waals surface area contributed by atoms with Gasteiger partial charge in [0.05, 0.1) is 5.69 Å². The molecule has 1 heterocycles. The summed E-state index contributed by atoms with van der Waals surface area (Å²) in [6.07, 6.45) is 3.05. The van der Waals surface area contributed by atoms with Crippen molar-refractivity contribution < 1.29 is 19.1 Å². The molecule has 0 spiro atoms. The number of barbiturate groups is 1. The van der Waals surface area contributed by atoms with Crippen LogP contribution in [0, 0.1) is 6.92 Å². The van der Waals surface area contributed by atoms with E-state index >= 15 is 0 Å². The first kappa shape index (κ1) is 19.4. The fourth-order valence-corrected chi connectivity index (χ4v) is 2.87. The molecule has 1 saturated heterocycles. The van der Waals surface area contributed by atoms with Gasteiger partial charge in [0.2, 0.25) is 0 Å². The van der Waals surface area contributed by atoms with E-state index in [4.69, 9.17) is 16.3 Å². The zero-order valence-corrected chi connectivity index (χ0v) is 15.8. The van der Waals surface area contributed by atoms with Gasteiger partial charge in [0.25, 0.3) is 11.8 Å². The summed E-state index contributed by atoms with van der Waals surface area (Å²) in [4.78, 5) is 38.4. The summed E-state index contributed by atoms with van der Waals surface area (Å²) >= 11 is 6.11. The lowest BCUT2D eigenvalue weighted by molar-refractivity contribution is -0.122. The molecule has 2 aromatic rings. The van der Waals surface area contributed by atoms with Gasteiger partial charge in [-0.05, 0) is 48.4 Å². The maximum Gasteiger partial charge on any atom is 0.335 e. The van der Waals surface area contributed by atoms with Crippen molar-refractivity contribution in [3.8, 4) is 5.75 Å². The number of hydrogen-bond acceptors (Lipinski definition) is 4. The molecule has 0 unspecified atom stereocenters. The van der Waals surface area contributed by atoms with Crippen LogP contribution in [0.1, 0.15) is 11.1 Å². The van der Waals surface area contributed by atoms with Crippen LogP contribution in [0.3, 0.4) is 0 Å². The molecule has 7 heteroatoms. The van der Waals surface area contributed by atoms with Crippen LogP contribution in [0.2, 0.25) is 5.02 Å². The number of urea groups is 1. The Morgan fingerprint density at radius 1 is 1.14 bits per heavy atom. The van der Waals surface area contributed by atoms with Crippen LogP contribution in [-0.4, -0.2) is 24.5 Å². The average Bonchev–Trinajstić information content (AvgIpc) is 2.67. The molecule has 4 amide bonds. The maximum atomic E-state index is 12.9. The summed E-state index contributed by atoms with van der Waals surface area (Å²) in [5.74, 6) is -0.836. The summed E-state index contributed by atoms with van der Waals surface area (Å²) in [6.45, 7) is 5.65. The molecule has 0 aliphatic carbocycles. The number of amides is 4. The molecule has 0 radical (unpaired) electrons. The number of nitrogens with one attached hydrogen (secondary N) is 1. The van der Waals surface area contributed by atoms with E-state index in [2.05, 4.69) is 11.9 Å². The predicted octanol–water partition coefficient (Wildman–Crippen LogP) is 3.88. The first-order valence-corrected chi connectivity index (χ1v) is 8.80. The van der Waals surface area contributed by atoms with E-state index in [0.29, 0.717) is 34.2 Å². The highest BCUT2D eigenvalue weighted by atomic mass is 35.5. The van der Waals surface area contributed by atoms with E-state index in [0.717, 1.165) is 4.90 Å². The number of nitrogens with zero attached hydrogens (tertiary/aromatic N) is 1. The molecule has 2 aromatic carbocycles. The smallest absolute Gasteiger partial charge is 0.335 e. The Morgan fingerprint density at radius 3 is 2.54 bits per heavy atom. The number of carbonyl (C=O) groups is 3. The average molecular weight is 397 g/mol. The minimum Gasteiger partial charge on any atom is -0.490 e. The minimum atomic E-state index is -0.814. The predicted molar refractivity (Wildman–Crippen MR) is 107 cm³/mol. The number of anilines is 1. The highest BCUT2D eigenvalue weighted by Crippen LogP contribution is 2.29. The fraction of sp³-hybridized carbons (Fsp3) is 0.0952. The number of carbonyl (C=O) groups excluding carboxylic acids is 3. The molecule has 3 rings (SSSR count). The van der Waals surface area contributed by atoms with E-state index < -0.39 is 17.8 Å². The van der Waals surface area contributed by atoms with E-state index in [1.54, 1.807) is 55.5 Å². The molecule has 28 heavy (non-hydrogen) atoms. The summed E-state index contributed by atoms with van der Waals surface area (Å²) in [6, 6.07) is 10.9. The molecule has 0 atom stereocenters. The third-order valence-electron chi connectivity index (χ3n) is 4.14. The van der Waals surface area contributed by atoms with Crippen molar-refractivity contribution in [2.45, 2.75) is 6.92 Å². The van der Waals surface area contributed by atoms with Crippen molar-refractivity contribution in [2.24, 2.45) is 0 Å². The molecule has 1 aliphatic heterocycles. The van der Waals surface area contributed by atoms with Gasteiger partial charge in [-0.25, -0.2) is 9.69 Å². The van der Waals surface area contributed by atoms with Gasteiger partial charge in [0, 0.05) is 5.02 Å². The number of rotatable bonds is 5. The minimum absolute atomic E-state index is 0.154. The van der Waals surface area contributed by atoms with Crippen LogP contribution in [0.25, 0.3) is 6.08 Å². The second-order valence-corrected chi connectivity index (χ2v) is 6.42. The zero-order valence-electron chi connectivity index (χ0n) is 15.1. The van der Waals surface area contributed by atoms with Gasteiger partial charge in [-0.15, -0.1) is 0 Å². The summed E-state index contributed by atoms with van der Waals surface area (Å²) < 4.78 is 5.41. The van der Waals surface area contributed by atoms with Crippen molar-refractivity contribution in [1.29, 1.82) is 0 Å². The third-order valence-corrected chi connectivity index (χ3v) is 4.55. The molecule has 142 valence electrons. The molecule has 6 nitrogen and oxygen atoms in total. The molecule has 1 N–H and O–H groups in total. The number of ether oxygens (including phenoxy) is 1. The maximum absolute atomic E-state index is 12.9. The van der Waals surface area contributed by atoms with Crippen molar-refractivity contribution in [3.63, 3.8) is 0 Å². The van der Waals surface area contributed by atoms with Crippen LogP contribution in [0.5, 0.6) is 5.75 Å². The van der Waals surface area contributed by atoms with Crippen molar-refractivity contribution in [1.82, 2.24) is 5.32 Å². The van der Waals surface area contributed by atoms with Crippen LogP contribution >= 0.6 is 11.6 Å². The zero-order chi connectivity index (χ0) is 20.3. The largest absolute Gasteiger partial charge is 0.490 e. The van der Waals surface area contributed by atoms with Gasteiger partial charge in [0.1, 0.15) is 17.9 Å². The fourth-order valence-electron chi connectivity index (χ4n) is 2.70.